The Kier molecular flexibility index (Phi) is 2.79. The summed E-state index contributed by atoms with van der Waals surface area (Å²) < 4.78 is 5.91. The molecule has 1 saturated heterocycles. The molecule has 1 aliphatic rings. The molecule has 0 aliphatic carbocycles. The van der Waals surface area contributed by atoms with Gasteiger partial charge in [0.1, 0.15) is 6.73 Å². The van der Waals surface area contributed by atoms with Crippen molar-refractivity contribution in [1.82, 2.24) is 9.88 Å². The van der Waals surface area contributed by atoms with Crippen LogP contribution in [0.5, 0.6) is 0 Å². The molecule has 1 amide bonds. The second kappa shape index (κ2) is 4.06. The second-order valence-corrected chi connectivity index (χ2v) is 3.91. The number of hydrogen-bond donors (Lipinski definition) is 0. The number of nitrogens with zero attached hydrogens (tertiary/aromatic N) is 2. The molecule has 4 nitrogen and oxygen atoms in total. The average Bonchev–Trinajstić information content (AvgIpc) is 2.69. The summed E-state index contributed by atoms with van der Waals surface area (Å²) in [5, 5.41) is 0. The number of halogens is 1. The van der Waals surface area contributed by atoms with E-state index < -0.39 is 0 Å². The molecule has 1 aromatic rings. The van der Waals surface area contributed by atoms with Crippen LogP contribution in [0.3, 0.4) is 0 Å². The highest BCUT2D eigenvalue weighted by molar-refractivity contribution is 9.10. The van der Waals surface area contributed by atoms with Gasteiger partial charge in [0, 0.05) is 23.4 Å². The minimum absolute atomic E-state index is 0.0312. The van der Waals surface area contributed by atoms with Gasteiger partial charge in [0.2, 0.25) is 0 Å². The van der Waals surface area contributed by atoms with Crippen LogP contribution in [0.1, 0.15) is 10.4 Å². The smallest absolute Gasteiger partial charge is 0.257 e. The molecule has 0 radical (unpaired) electrons. The predicted octanol–water partition coefficient (Wildman–Crippen LogP) is 1.27. The fourth-order valence-corrected chi connectivity index (χ4v) is 1.65. The lowest BCUT2D eigenvalue weighted by Crippen LogP contribution is -2.28. The van der Waals surface area contributed by atoms with Crippen molar-refractivity contribution >= 4 is 21.8 Å². The van der Waals surface area contributed by atoms with E-state index in [0.29, 0.717) is 25.4 Å². The van der Waals surface area contributed by atoms with Gasteiger partial charge in [-0.15, -0.1) is 0 Å². The van der Waals surface area contributed by atoms with E-state index in [1.807, 2.05) is 0 Å². The highest BCUT2D eigenvalue weighted by Crippen LogP contribution is 2.12. The predicted molar refractivity (Wildman–Crippen MR) is 53.8 cm³/mol. The number of amides is 1. The normalized spacial score (nSPS) is 15.9. The van der Waals surface area contributed by atoms with Crippen LogP contribution in [0.25, 0.3) is 0 Å². The first-order chi connectivity index (χ1) is 6.77. The Bertz CT molecular complexity index is 350. The number of rotatable bonds is 1. The quantitative estimate of drug-likeness (QED) is 0.760. The molecular weight excluding hydrogens is 248 g/mol. The lowest BCUT2D eigenvalue weighted by atomic mass is 10.2. The summed E-state index contributed by atoms with van der Waals surface area (Å²) in [6.45, 7) is 1.66. The summed E-state index contributed by atoms with van der Waals surface area (Å²) >= 11 is 3.27. The lowest BCUT2D eigenvalue weighted by molar-refractivity contribution is 0.0694. The molecule has 0 spiro atoms. The van der Waals surface area contributed by atoms with Gasteiger partial charge in [-0.1, -0.05) is 0 Å². The van der Waals surface area contributed by atoms with Crippen molar-refractivity contribution in [2.24, 2.45) is 0 Å². The molecule has 1 aromatic heterocycles. The minimum atomic E-state index is -0.0312. The number of carbonyl (C=O) groups is 1. The fraction of sp³-hybridized carbons (Fsp3) is 0.333. The molecule has 1 fully saturated rings. The van der Waals surface area contributed by atoms with Gasteiger partial charge in [-0.2, -0.15) is 0 Å². The van der Waals surface area contributed by atoms with Crippen LogP contribution in [0, 0.1) is 0 Å². The van der Waals surface area contributed by atoms with Gasteiger partial charge in [-0.05, 0) is 22.0 Å². The largest absolute Gasteiger partial charge is 0.359 e. The van der Waals surface area contributed by atoms with Crippen molar-refractivity contribution in [3.63, 3.8) is 0 Å². The van der Waals surface area contributed by atoms with Gasteiger partial charge in [-0.3, -0.25) is 9.78 Å². The Morgan fingerprint density at radius 2 is 2.43 bits per heavy atom. The monoisotopic (exact) mass is 256 g/mol. The summed E-state index contributed by atoms with van der Waals surface area (Å²) in [7, 11) is 0. The van der Waals surface area contributed by atoms with E-state index in [0.717, 1.165) is 4.47 Å². The fourth-order valence-electron chi connectivity index (χ4n) is 1.29. The van der Waals surface area contributed by atoms with Crippen LogP contribution in [0.2, 0.25) is 0 Å². The summed E-state index contributed by atoms with van der Waals surface area (Å²) in [6.07, 6.45) is 3.21. The summed E-state index contributed by atoms with van der Waals surface area (Å²) in [4.78, 5) is 17.4. The molecule has 0 atom stereocenters. The van der Waals surface area contributed by atoms with E-state index in [2.05, 4.69) is 20.9 Å². The third-order valence-corrected chi connectivity index (χ3v) is 2.43. The first kappa shape index (κ1) is 9.61. The number of aromatic nitrogens is 1. The van der Waals surface area contributed by atoms with Gasteiger partial charge in [0.05, 0.1) is 12.2 Å². The summed E-state index contributed by atoms with van der Waals surface area (Å²) in [5.41, 5.74) is 0.588. The van der Waals surface area contributed by atoms with Gasteiger partial charge < -0.3 is 9.64 Å². The zero-order chi connectivity index (χ0) is 9.97. The summed E-state index contributed by atoms with van der Waals surface area (Å²) in [5.74, 6) is -0.0312. The molecule has 0 unspecified atom stereocenters. The topological polar surface area (TPSA) is 42.4 Å². The standard InChI is InChI=1S/C9H9BrN2O2/c10-8-3-7(4-11-5-8)9(13)12-1-2-14-6-12/h3-5H,1-2,6H2. The second-order valence-electron chi connectivity index (χ2n) is 3.00. The zero-order valence-corrected chi connectivity index (χ0v) is 9.03. The van der Waals surface area contributed by atoms with Crippen molar-refractivity contribution < 1.29 is 9.53 Å². The molecular formula is C9H9BrN2O2. The zero-order valence-electron chi connectivity index (χ0n) is 7.44. The van der Waals surface area contributed by atoms with Gasteiger partial charge in [0.15, 0.2) is 0 Å². The first-order valence-corrected chi connectivity index (χ1v) is 5.04. The minimum Gasteiger partial charge on any atom is -0.359 e. The van der Waals surface area contributed by atoms with E-state index >= 15 is 0 Å². The SMILES string of the molecule is O=C(c1cncc(Br)c1)N1CCOC1. The van der Waals surface area contributed by atoms with Gasteiger partial charge >= 0.3 is 0 Å². The van der Waals surface area contributed by atoms with Crippen molar-refractivity contribution in [3.8, 4) is 0 Å². The number of ether oxygens (including phenoxy) is 1. The Morgan fingerprint density at radius 3 is 3.07 bits per heavy atom. The van der Waals surface area contributed by atoms with Crippen molar-refractivity contribution in [2.45, 2.75) is 0 Å². The maximum atomic E-state index is 11.8. The maximum Gasteiger partial charge on any atom is 0.257 e. The lowest BCUT2D eigenvalue weighted by Gasteiger charge is -2.12. The molecule has 2 heterocycles. The van der Waals surface area contributed by atoms with E-state index in [1.165, 1.54) is 0 Å². The highest BCUT2D eigenvalue weighted by atomic mass is 79.9. The molecule has 0 N–H and O–H groups in total. The molecule has 0 saturated carbocycles. The molecule has 14 heavy (non-hydrogen) atoms. The summed E-state index contributed by atoms with van der Waals surface area (Å²) in [6, 6.07) is 1.76. The van der Waals surface area contributed by atoms with Crippen LogP contribution in [0.4, 0.5) is 0 Å². The molecule has 5 heteroatoms. The third-order valence-electron chi connectivity index (χ3n) is 1.99. The van der Waals surface area contributed by atoms with Crippen molar-refractivity contribution in [3.05, 3.63) is 28.5 Å². The molecule has 74 valence electrons. The van der Waals surface area contributed by atoms with Gasteiger partial charge in [0.25, 0.3) is 5.91 Å². The maximum absolute atomic E-state index is 11.8. The first-order valence-electron chi connectivity index (χ1n) is 4.25. The Hall–Kier alpha value is -0.940. The van der Waals surface area contributed by atoms with Crippen molar-refractivity contribution in [2.75, 3.05) is 19.9 Å². The number of pyridine rings is 1. The van der Waals surface area contributed by atoms with Gasteiger partial charge in [-0.25, -0.2) is 0 Å². The average molecular weight is 257 g/mol. The Balaban J connectivity index is 2.17. The van der Waals surface area contributed by atoms with Crippen LogP contribution in [0.15, 0.2) is 22.9 Å². The molecule has 2 rings (SSSR count). The van der Waals surface area contributed by atoms with E-state index in [1.54, 1.807) is 23.4 Å². The third kappa shape index (κ3) is 1.93. The number of carbonyl (C=O) groups excluding carboxylic acids is 1. The van der Waals surface area contributed by atoms with Crippen LogP contribution in [-0.4, -0.2) is 35.7 Å². The van der Waals surface area contributed by atoms with E-state index in [-0.39, 0.29) is 5.91 Å². The molecule has 0 bridgehead atoms. The van der Waals surface area contributed by atoms with Crippen LogP contribution >= 0.6 is 15.9 Å². The van der Waals surface area contributed by atoms with E-state index in [9.17, 15) is 4.79 Å². The Morgan fingerprint density at radius 1 is 1.57 bits per heavy atom. The molecule has 0 aromatic carbocycles. The highest BCUT2D eigenvalue weighted by Gasteiger charge is 2.20. The molecule has 1 aliphatic heterocycles. The van der Waals surface area contributed by atoms with Crippen LogP contribution < -0.4 is 0 Å². The number of hydrogen-bond acceptors (Lipinski definition) is 3. The van der Waals surface area contributed by atoms with Crippen LogP contribution in [-0.2, 0) is 4.74 Å². The van der Waals surface area contributed by atoms with E-state index in [4.69, 9.17) is 4.74 Å². The van der Waals surface area contributed by atoms with Crippen molar-refractivity contribution in [1.29, 1.82) is 0 Å². The Labute approximate surface area is 90.0 Å².